The number of benzene rings is 1. The summed E-state index contributed by atoms with van der Waals surface area (Å²) < 4.78 is 5.25. The van der Waals surface area contributed by atoms with Gasteiger partial charge in [-0.15, -0.1) is 0 Å². The number of hydrogen-bond donors (Lipinski definition) is 2. The van der Waals surface area contributed by atoms with Gasteiger partial charge in [0.2, 0.25) is 0 Å². The van der Waals surface area contributed by atoms with Crippen LogP contribution in [0.5, 0.6) is 0 Å². The van der Waals surface area contributed by atoms with Gasteiger partial charge < -0.3 is 15.4 Å². The van der Waals surface area contributed by atoms with E-state index in [0.29, 0.717) is 24.6 Å². The minimum atomic E-state index is -0.493. The summed E-state index contributed by atoms with van der Waals surface area (Å²) in [5, 5.41) is 15.1. The van der Waals surface area contributed by atoms with Crippen LogP contribution in [0.2, 0.25) is 0 Å². The van der Waals surface area contributed by atoms with Gasteiger partial charge in [-0.1, -0.05) is 19.9 Å². The van der Waals surface area contributed by atoms with Crippen molar-refractivity contribution in [3.05, 3.63) is 29.8 Å². The molecule has 0 heterocycles. The molecule has 23 heavy (non-hydrogen) atoms. The van der Waals surface area contributed by atoms with Crippen LogP contribution in [0.15, 0.2) is 24.3 Å². The first-order valence-electron chi connectivity index (χ1n) is 7.92. The lowest BCUT2D eigenvalue weighted by atomic mass is 9.95. The fourth-order valence-corrected chi connectivity index (χ4v) is 2.02. The van der Waals surface area contributed by atoms with Crippen LogP contribution in [0.1, 0.15) is 40.2 Å². The second-order valence-electron chi connectivity index (χ2n) is 6.96. The molecule has 0 fully saturated rings. The third-order valence-electron chi connectivity index (χ3n) is 3.41. The smallest absolute Gasteiger partial charge is 0.407 e. The molecular weight excluding hydrogens is 290 g/mol. The second kappa shape index (κ2) is 8.42. The number of hydrogen-bond acceptors (Lipinski definition) is 4. The Bertz CT molecular complexity index is 556. The molecule has 1 atom stereocenters. The van der Waals surface area contributed by atoms with Crippen LogP contribution >= 0.6 is 0 Å². The minimum Gasteiger partial charge on any atom is -0.444 e. The Morgan fingerprint density at radius 2 is 2.00 bits per heavy atom. The van der Waals surface area contributed by atoms with E-state index in [4.69, 9.17) is 10.00 Å². The van der Waals surface area contributed by atoms with E-state index in [0.717, 1.165) is 5.69 Å². The average Bonchev–Trinajstić information content (AvgIpc) is 2.45. The van der Waals surface area contributed by atoms with Crippen molar-refractivity contribution in [2.24, 2.45) is 11.8 Å². The fourth-order valence-electron chi connectivity index (χ4n) is 2.02. The molecule has 0 bridgehead atoms. The van der Waals surface area contributed by atoms with Crippen LogP contribution in [0.4, 0.5) is 10.5 Å². The Hall–Kier alpha value is -2.22. The summed E-state index contributed by atoms with van der Waals surface area (Å²) in [5.41, 5.74) is 1.04. The zero-order valence-corrected chi connectivity index (χ0v) is 14.6. The SMILES string of the molecule is CC(C)C(CNC(=O)OC(C)(C)C)CNc1cccc(C#N)c1. The molecule has 1 unspecified atom stereocenters. The van der Waals surface area contributed by atoms with Crippen LogP contribution in [-0.4, -0.2) is 24.8 Å². The number of anilines is 1. The maximum atomic E-state index is 11.8. The fraction of sp³-hybridized carbons (Fsp3) is 0.556. The van der Waals surface area contributed by atoms with Gasteiger partial charge >= 0.3 is 6.09 Å². The van der Waals surface area contributed by atoms with E-state index >= 15 is 0 Å². The highest BCUT2D eigenvalue weighted by molar-refractivity contribution is 5.67. The zero-order valence-electron chi connectivity index (χ0n) is 14.6. The van der Waals surface area contributed by atoms with Gasteiger partial charge in [0, 0.05) is 18.8 Å². The average molecular weight is 317 g/mol. The van der Waals surface area contributed by atoms with Crippen molar-refractivity contribution in [1.82, 2.24) is 5.32 Å². The van der Waals surface area contributed by atoms with E-state index in [-0.39, 0.29) is 5.92 Å². The van der Waals surface area contributed by atoms with E-state index in [1.165, 1.54) is 0 Å². The van der Waals surface area contributed by atoms with Gasteiger partial charge in [-0.3, -0.25) is 0 Å². The monoisotopic (exact) mass is 317 g/mol. The van der Waals surface area contributed by atoms with E-state index in [1.54, 1.807) is 6.07 Å². The van der Waals surface area contributed by atoms with E-state index in [2.05, 4.69) is 30.6 Å². The van der Waals surface area contributed by atoms with Gasteiger partial charge in [-0.2, -0.15) is 5.26 Å². The van der Waals surface area contributed by atoms with Crippen LogP contribution in [0.3, 0.4) is 0 Å². The van der Waals surface area contributed by atoms with Gasteiger partial charge in [0.15, 0.2) is 0 Å². The Kier molecular flexibility index (Phi) is 6.89. The molecule has 0 radical (unpaired) electrons. The highest BCUT2D eigenvalue weighted by Crippen LogP contribution is 2.15. The molecule has 0 aliphatic rings. The van der Waals surface area contributed by atoms with Crippen LogP contribution < -0.4 is 10.6 Å². The molecule has 5 nitrogen and oxygen atoms in total. The summed E-state index contributed by atoms with van der Waals surface area (Å²) in [6.45, 7) is 11.0. The first kappa shape index (κ1) is 18.8. The normalized spacial score (nSPS) is 12.4. The molecule has 0 aliphatic heterocycles. The van der Waals surface area contributed by atoms with Crippen molar-refractivity contribution in [2.45, 2.75) is 40.2 Å². The summed E-state index contributed by atoms with van der Waals surface area (Å²) in [6, 6.07) is 9.50. The van der Waals surface area contributed by atoms with Crippen molar-refractivity contribution < 1.29 is 9.53 Å². The number of carbonyl (C=O) groups excluding carboxylic acids is 1. The lowest BCUT2D eigenvalue weighted by Gasteiger charge is -2.24. The standard InChI is InChI=1S/C18H27N3O2/c1-13(2)15(12-21-17(22)23-18(3,4)5)11-20-16-8-6-7-14(9-16)10-19/h6-9,13,15,20H,11-12H2,1-5H3,(H,21,22). The second-order valence-corrected chi connectivity index (χ2v) is 6.96. The molecule has 1 amide bonds. The molecule has 126 valence electrons. The maximum Gasteiger partial charge on any atom is 0.407 e. The minimum absolute atomic E-state index is 0.258. The Balaban J connectivity index is 2.52. The highest BCUT2D eigenvalue weighted by Gasteiger charge is 2.19. The largest absolute Gasteiger partial charge is 0.444 e. The predicted octanol–water partition coefficient (Wildman–Crippen LogP) is 3.77. The number of nitrogens with zero attached hydrogens (tertiary/aromatic N) is 1. The lowest BCUT2D eigenvalue weighted by Crippen LogP contribution is -2.38. The van der Waals surface area contributed by atoms with Crippen molar-refractivity contribution in [2.75, 3.05) is 18.4 Å². The first-order valence-corrected chi connectivity index (χ1v) is 7.92. The van der Waals surface area contributed by atoms with Gasteiger partial charge in [-0.05, 0) is 50.8 Å². The first-order chi connectivity index (χ1) is 10.7. The molecule has 2 N–H and O–H groups in total. The van der Waals surface area contributed by atoms with E-state index in [9.17, 15) is 4.79 Å². The summed E-state index contributed by atoms with van der Waals surface area (Å²) in [4.78, 5) is 11.8. The van der Waals surface area contributed by atoms with Gasteiger partial charge in [-0.25, -0.2) is 4.79 Å². The molecule has 1 aromatic rings. The molecule has 0 aromatic heterocycles. The number of carbonyl (C=O) groups is 1. The molecule has 0 aliphatic carbocycles. The quantitative estimate of drug-likeness (QED) is 0.837. The van der Waals surface area contributed by atoms with Gasteiger partial charge in [0.05, 0.1) is 11.6 Å². The zero-order chi connectivity index (χ0) is 17.5. The number of nitrogens with one attached hydrogen (secondary N) is 2. The molecule has 0 spiro atoms. The third-order valence-corrected chi connectivity index (χ3v) is 3.41. The van der Waals surface area contributed by atoms with Crippen LogP contribution in [-0.2, 0) is 4.74 Å². The topological polar surface area (TPSA) is 74.2 Å². The molecule has 1 aromatic carbocycles. The van der Waals surface area contributed by atoms with E-state index < -0.39 is 11.7 Å². The number of amides is 1. The molecule has 5 heteroatoms. The van der Waals surface area contributed by atoms with Crippen molar-refractivity contribution in [1.29, 1.82) is 5.26 Å². The molecule has 1 rings (SSSR count). The van der Waals surface area contributed by atoms with Crippen molar-refractivity contribution in [3.8, 4) is 6.07 Å². The molecule has 0 saturated heterocycles. The summed E-state index contributed by atoms with van der Waals surface area (Å²) in [7, 11) is 0. The Morgan fingerprint density at radius 1 is 1.30 bits per heavy atom. The third kappa shape index (κ3) is 7.55. The number of rotatable bonds is 6. The number of alkyl carbamates (subject to hydrolysis) is 1. The molecular formula is C18H27N3O2. The van der Waals surface area contributed by atoms with Crippen molar-refractivity contribution in [3.63, 3.8) is 0 Å². The highest BCUT2D eigenvalue weighted by atomic mass is 16.6. The maximum absolute atomic E-state index is 11.8. The van der Waals surface area contributed by atoms with Crippen molar-refractivity contribution >= 4 is 11.8 Å². The molecule has 0 saturated carbocycles. The number of ether oxygens (including phenoxy) is 1. The summed E-state index contributed by atoms with van der Waals surface area (Å²) in [6.07, 6.45) is -0.394. The van der Waals surface area contributed by atoms with E-state index in [1.807, 2.05) is 39.0 Å². The Labute approximate surface area is 139 Å². The predicted molar refractivity (Wildman–Crippen MR) is 92.2 cm³/mol. The van der Waals surface area contributed by atoms with Gasteiger partial charge in [0.25, 0.3) is 0 Å². The Morgan fingerprint density at radius 3 is 2.57 bits per heavy atom. The summed E-state index contributed by atoms with van der Waals surface area (Å²) >= 11 is 0. The number of nitriles is 1. The summed E-state index contributed by atoms with van der Waals surface area (Å²) in [5.74, 6) is 0.657. The lowest BCUT2D eigenvalue weighted by molar-refractivity contribution is 0.0516. The van der Waals surface area contributed by atoms with Crippen LogP contribution in [0.25, 0.3) is 0 Å². The van der Waals surface area contributed by atoms with Crippen LogP contribution in [0, 0.1) is 23.2 Å². The van der Waals surface area contributed by atoms with Gasteiger partial charge in [0.1, 0.15) is 5.60 Å².